The Morgan fingerprint density at radius 3 is 2.67 bits per heavy atom. The van der Waals surface area contributed by atoms with Gasteiger partial charge in [0.2, 0.25) is 0 Å². The zero-order valence-corrected chi connectivity index (χ0v) is 12.7. The van der Waals surface area contributed by atoms with Gasteiger partial charge in [-0.05, 0) is 58.8 Å². The van der Waals surface area contributed by atoms with E-state index in [0.29, 0.717) is 6.04 Å². The molecule has 0 aromatic heterocycles. The van der Waals surface area contributed by atoms with E-state index < -0.39 is 0 Å². The Hall–Kier alpha value is -0.120. The molecule has 2 aliphatic heterocycles. The highest BCUT2D eigenvalue weighted by Gasteiger charge is 2.31. The lowest BCUT2D eigenvalue weighted by atomic mass is 9.96. The van der Waals surface area contributed by atoms with Gasteiger partial charge in [0.1, 0.15) is 0 Å². The van der Waals surface area contributed by atoms with Crippen LogP contribution in [0.2, 0.25) is 0 Å². The highest BCUT2D eigenvalue weighted by atomic mass is 15.2. The van der Waals surface area contributed by atoms with Crippen LogP contribution in [-0.2, 0) is 0 Å². The molecule has 106 valence electrons. The number of nitrogens with one attached hydrogen (secondary N) is 1. The van der Waals surface area contributed by atoms with Crippen molar-refractivity contribution in [3.63, 3.8) is 0 Å². The van der Waals surface area contributed by atoms with Crippen molar-refractivity contribution in [2.75, 3.05) is 33.7 Å². The summed E-state index contributed by atoms with van der Waals surface area (Å²) in [5.41, 5.74) is 0. The predicted molar refractivity (Wildman–Crippen MR) is 77.9 cm³/mol. The quantitative estimate of drug-likeness (QED) is 0.806. The first-order valence-electron chi connectivity index (χ1n) is 7.71. The summed E-state index contributed by atoms with van der Waals surface area (Å²) in [6.07, 6.45) is 5.57. The summed E-state index contributed by atoms with van der Waals surface area (Å²) < 4.78 is 0. The van der Waals surface area contributed by atoms with Crippen molar-refractivity contribution in [3.8, 4) is 0 Å². The number of hydrogen-bond acceptors (Lipinski definition) is 3. The second-order valence-electron chi connectivity index (χ2n) is 6.74. The molecular formula is C15H31N3. The molecule has 3 atom stereocenters. The maximum Gasteiger partial charge on any atom is 0.0237 e. The van der Waals surface area contributed by atoms with Crippen molar-refractivity contribution in [1.82, 2.24) is 15.1 Å². The van der Waals surface area contributed by atoms with Crippen LogP contribution in [0.4, 0.5) is 0 Å². The zero-order chi connectivity index (χ0) is 13.1. The summed E-state index contributed by atoms with van der Waals surface area (Å²) in [6, 6.07) is 2.30. The van der Waals surface area contributed by atoms with E-state index >= 15 is 0 Å². The topological polar surface area (TPSA) is 18.5 Å². The Bertz CT molecular complexity index is 244. The standard InChI is InChI=1S/C15H31N3/c1-12(2)15(17(3)4)11-16-13-7-9-18-8-5-6-14(18)10-13/h12-16H,5-11H2,1-4H3. The molecule has 18 heavy (non-hydrogen) atoms. The number of fused-ring (bicyclic) bond motifs is 1. The third-order valence-electron chi connectivity index (χ3n) is 4.87. The summed E-state index contributed by atoms with van der Waals surface area (Å²) in [5.74, 6) is 0.721. The van der Waals surface area contributed by atoms with Crippen molar-refractivity contribution in [2.24, 2.45) is 5.92 Å². The van der Waals surface area contributed by atoms with E-state index in [-0.39, 0.29) is 0 Å². The maximum atomic E-state index is 3.83. The number of likely N-dealkylation sites (N-methyl/N-ethyl adjacent to an activating group) is 1. The fourth-order valence-corrected chi connectivity index (χ4v) is 3.71. The molecule has 2 rings (SSSR count). The van der Waals surface area contributed by atoms with Crippen LogP contribution >= 0.6 is 0 Å². The first-order chi connectivity index (χ1) is 8.58. The molecule has 2 aliphatic rings. The molecular weight excluding hydrogens is 222 g/mol. The van der Waals surface area contributed by atoms with E-state index in [1.807, 2.05) is 0 Å². The second kappa shape index (κ2) is 6.36. The van der Waals surface area contributed by atoms with Crippen LogP contribution in [0.25, 0.3) is 0 Å². The minimum absolute atomic E-state index is 0.659. The minimum Gasteiger partial charge on any atom is -0.312 e. The van der Waals surface area contributed by atoms with Crippen molar-refractivity contribution < 1.29 is 0 Å². The average molecular weight is 253 g/mol. The van der Waals surface area contributed by atoms with Crippen molar-refractivity contribution in [3.05, 3.63) is 0 Å². The molecule has 0 spiro atoms. The molecule has 2 saturated heterocycles. The molecule has 3 nitrogen and oxygen atoms in total. The highest BCUT2D eigenvalue weighted by molar-refractivity contribution is 4.90. The molecule has 3 unspecified atom stereocenters. The third kappa shape index (κ3) is 3.46. The molecule has 3 heteroatoms. The van der Waals surface area contributed by atoms with Crippen LogP contribution in [0.1, 0.15) is 39.5 Å². The summed E-state index contributed by atoms with van der Waals surface area (Å²) in [7, 11) is 4.40. The summed E-state index contributed by atoms with van der Waals surface area (Å²) >= 11 is 0. The van der Waals surface area contributed by atoms with Gasteiger partial charge >= 0.3 is 0 Å². The fourth-order valence-electron chi connectivity index (χ4n) is 3.71. The van der Waals surface area contributed by atoms with E-state index in [1.165, 1.54) is 38.8 Å². The van der Waals surface area contributed by atoms with E-state index in [0.717, 1.165) is 24.5 Å². The van der Waals surface area contributed by atoms with E-state index in [2.05, 4.69) is 43.1 Å². The molecule has 0 amide bonds. The zero-order valence-electron chi connectivity index (χ0n) is 12.7. The Balaban J connectivity index is 1.76. The van der Waals surface area contributed by atoms with Crippen LogP contribution in [-0.4, -0.2) is 61.7 Å². The summed E-state index contributed by atoms with van der Waals surface area (Å²) in [5, 5.41) is 3.83. The normalized spacial score (nSPS) is 31.0. The minimum atomic E-state index is 0.659. The summed E-state index contributed by atoms with van der Waals surface area (Å²) in [4.78, 5) is 5.06. The lowest BCUT2D eigenvalue weighted by molar-refractivity contribution is 0.154. The largest absolute Gasteiger partial charge is 0.312 e. The molecule has 1 N–H and O–H groups in total. The molecule has 0 bridgehead atoms. The molecule has 0 aliphatic carbocycles. The van der Waals surface area contributed by atoms with Gasteiger partial charge in [0, 0.05) is 24.7 Å². The van der Waals surface area contributed by atoms with Gasteiger partial charge in [-0.2, -0.15) is 0 Å². The predicted octanol–water partition coefficient (Wildman–Crippen LogP) is 1.79. The Labute approximate surface area is 113 Å². The van der Waals surface area contributed by atoms with Crippen LogP contribution in [0.3, 0.4) is 0 Å². The first-order valence-corrected chi connectivity index (χ1v) is 7.71. The van der Waals surface area contributed by atoms with Gasteiger partial charge in [-0.3, -0.25) is 0 Å². The molecule has 0 aromatic rings. The average Bonchev–Trinajstić information content (AvgIpc) is 2.75. The third-order valence-corrected chi connectivity index (χ3v) is 4.87. The lowest BCUT2D eigenvalue weighted by Crippen LogP contribution is -2.50. The van der Waals surface area contributed by atoms with E-state index in [1.54, 1.807) is 0 Å². The number of nitrogens with zero attached hydrogens (tertiary/aromatic N) is 2. The number of rotatable bonds is 5. The molecule has 2 heterocycles. The van der Waals surface area contributed by atoms with Crippen molar-refractivity contribution in [2.45, 2.75) is 57.7 Å². The SMILES string of the molecule is CC(C)C(CNC1CCN2CCCC2C1)N(C)C. The smallest absolute Gasteiger partial charge is 0.0237 e. The second-order valence-corrected chi connectivity index (χ2v) is 6.74. The van der Waals surface area contributed by atoms with Crippen LogP contribution in [0.15, 0.2) is 0 Å². The number of hydrogen-bond donors (Lipinski definition) is 1. The molecule has 0 aromatic carbocycles. The van der Waals surface area contributed by atoms with Crippen molar-refractivity contribution >= 4 is 0 Å². The highest BCUT2D eigenvalue weighted by Crippen LogP contribution is 2.26. The van der Waals surface area contributed by atoms with Crippen LogP contribution in [0, 0.1) is 5.92 Å². The fraction of sp³-hybridized carbons (Fsp3) is 1.00. The van der Waals surface area contributed by atoms with Crippen LogP contribution in [0.5, 0.6) is 0 Å². The summed E-state index contributed by atoms with van der Waals surface area (Å²) in [6.45, 7) is 8.46. The van der Waals surface area contributed by atoms with Gasteiger partial charge in [-0.1, -0.05) is 13.8 Å². The van der Waals surface area contributed by atoms with E-state index in [9.17, 15) is 0 Å². The molecule has 2 fully saturated rings. The van der Waals surface area contributed by atoms with Gasteiger partial charge < -0.3 is 15.1 Å². The number of piperidine rings is 1. The monoisotopic (exact) mass is 253 g/mol. The van der Waals surface area contributed by atoms with Gasteiger partial charge in [0.05, 0.1) is 0 Å². The first kappa shape index (κ1) is 14.3. The van der Waals surface area contributed by atoms with Crippen LogP contribution < -0.4 is 5.32 Å². The molecule has 0 radical (unpaired) electrons. The molecule has 0 saturated carbocycles. The van der Waals surface area contributed by atoms with Crippen molar-refractivity contribution in [1.29, 1.82) is 0 Å². The Morgan fingerprint density at radius 1 is 1.22 bits per heavy atom. The van der Waals surface area contributed by atoms with Gasteiger partial charge in [-0.25, -0.2) is 0 Å². The van der Waals surface area contributed by atoms with Gasteiger partial charge in [0.15, 0.2) is 0 Å². The lowest BCUT2D eigenvalue weighted by Gasteiger charge is -2.37. The van der Waals surface area contributed by atoms with Gasteiger partial charge in [-0.15, -0.1) is 0 Å². The Morgan fingerprint density at radius 2 is 2.00 bits per heavy atom. The van der Waals surface area contributed by atoms with Gasteiger partial charge in [0.25, 0.3) is 0 Å². The Kier molecular flexibility index (Phi) is 5.05. The maximum absolute atomic E-state index is 3.83. The van der Waals surface area contributed by atoms with E-state index in [4.69, 9.17) is 0 Å².